The molecule has 0 radical (unpaired) electrons. The van der Waals surface area contributed by atoms with Crippen LogP contribution < -0.4 is 5.32 Å². The zero-order valence-corrected chi connectivity index (χ0v) is 13.3. The lowest BCUT2D eigenvalue weighted by atomic mass is 9.98. The minimum absolute atomic E-state index is 0.129. The van der Waals surface area contributed by atoms with Crippen LogP contribution in [0, 0.1) is 5.82 Å². The molecule has 0 fully saturated rings. The number of nitrogens with one attached hydrogen (secondary N) is 1. The van der Waals surface area contributed by atoms with E-state index in [0.717, 1.165) is 24.9 Å². The van der Waals surface area contributed by atoms with Gasteiger partial charge in [-0.25, -0.2) is 4.39 Å². The largest absolute Gasteiger partial charge is 0.377 e. The van der Waals surface area contributed by atoms with Gasteiger partial charge in [0.2, 0.25) is 0 Å². The Hall–Kier alpha value is -0.640. The number of rotatable bonds is 9. The van der Waals surface area contributed by atoms with Gasteiger partial charge in [0, 0.05) is 12.6 Å². The van der Waals surface area contributed by atoms with E-state index in [4.69, 9.17) is 16.3 Å². The zero-order valence-electron chi connectivity index (χ0n) is 12.6. The second-order valence-corrected chi connectivity index (χ2v) is 5.24. The molecule has 1 aromatic carbocycles. The summed E-state index contributed by atoms with van der Waals surface area (Å²) in [6.45, 7) is 7.74. The van der Waals surface area contributed by atoms with Crippen molar-refractivity contribution < 1.29 is 9.13 Å². The molecule has 114 valence electrons. The van der Waals surface area contributed by atoms with Gasteiger partial charge in [-0.15, -0.1) is 0 Å². The Labute approximate surface area is 126 Å². The van der Waals surface area contributed by atoms with Crippen LogP contribution in [-0.2, 0) is 11.2 Å². The zero-order chi connectivity index (χ0) is 15.0. The van der Waals surface area contributed by atoms with Crippen molar-refractivity contribution in [2.45, 2.75) is 52.2 Å². The second-order valence-electron chi connectivity index (χ2n) is 4.86. The summed E-state index contributed by atoms with van der Waals surface area (Å²) in [6.07, 6.45) is 2.85. The van der Waals surface area contributed by atoms with E-state index in [-0.39, 0.29) is 23.0 Å². The first-order valence-corrected chi connectivity index (χ1v) is 7.79. The average molecular weight is 302 g/mol. The maximum Gasteiger partial charge on any atom is 0.142 e. The summed E-state index contributed by atoms with van der Waals surface area (Å²) in [4.78, 5) is 0. The van der Waals surface area contributed by atoms with Gasteiger partial charge in [-0.2, -0.15) is 0 Å². The molecular weight excluding hydrogens is 277 g/mol. The fourth-order valence-electron chi connectivity index (χ4n) is 2.44. The molecule has 0 saturated carbocycles. The van der Waals surface area contributed by atoms with Crippen LogP contribution in [0.15, 0.2) is 18.2 Å². The maximum atomic E-state index is 13.5. The Bertz CT molecular complexity index is 394. The van der Waals surface area contributed by atoms with E-state index in [2.05, 4.69) is 19.2 Å². The van der Waals surface area contributed by atoms with Gasteiger partial charge in [-0.1, -0.05) is 44.0 Å². The molecule has 20 heavy (non-hydrogen) atoms. The maximum absolute atomic E-state index is 13.5. The predicted octanol–water partition coefficient (Wildman–Crippen LogP) is 4.20. The van der Waals surface area contributed by atoms with Gasteiger partial charge in [0.1, 0.15) is 5.82 Å². The molecular formula is C16H25ClFNO. The van der Waals surface area contributed by atoms with Crippen molar-refractivity contribution >= 4 is 11.6 Å². The molecule has 0 bridgehead atoms. The van der Waals surface area contributed by atoms with E-state index in [1.807, 2.05) is 13.0 Å². The molecule has 2 atom stereocenters. The topological polar surface area (TPSA) is 21.3 Å². The smallest absolute Gasteiger partial charge is 0.142 e. The van der Waals surface area contributed by atoms with Gasteiger partial charge in [-0.3, -0.25) is 0 Å². The van der Waals surface area contributed by atoms with E-state index >= 15 is 0 Å². The highest BCUT2D eigenvalue weighted by atomic mass is 35.5. The number of likely N-dealkylation sites (N-methyl/N-ethyl adjacent to an activating group) is 1. The van der Waals surface area contributed by atoms with Crippen molar-refractivity contribution in [2.24, 2.45) is 0 Å². The third-order valence-electron chi connectivity index (χ3n) is 3.34. The average Bonchev–Trinajstić information content (AvgIpc) is 2.43. The molecule has 0 amide bonds. The number of hydrogen-bond donors (Lipinski definition) is 1. The summed E-state index contributed by atoms with van der Waals surface area (Å²) < 4.78 is 19.4. The first kappa shape index (κ1) is 17.4. The van der Waals surface area contributed by atoms with Crippen LogP contribution in [-0.4, -0.2) is 25.3 Å². The van der Waals surface area contributed by atoms with Crippen molar-refractivity contribution in [3.63, 3.8) is 0 Å². The molecule has 1 rings (SSSR count). The van der Waals surface area contributed by atoms with Crippen LogP contribution in [0.5, 0.6) is 0 Å². The molecule has 0 heterocycles. The summed E-state index contributed by atoms with van der Waals surface area (Å²) in [5.74, 6) is -0.358. The Morgan fingerprint density at radius 3 is 2.65 bits per heavy atom. The quantitative estimate of drug-likeness (QED) is 0.738. The summed E-state index contributed by atoms with van der Waals surface area (Å²) in [6, 6.07) is 5.12. The summed E-state index contributed by atoms with van der Waals surface area (Å²) in [7, 11) is 0. The third kappa shape index (κ3) is 5.04. The summed E-state index contributed by atoms with van der Waals surface area (Å²) >= 11 is 6.05. The van der Waals surface area contributed by atoms with Crippen molar-refractivity contribution in [3.8, 4) is 0 Å². The summed E-state index contributed by atoms with van der Waals surface area (Å²) in [5, 5.41) is 3.67. The van der Waals surface area contributed by atoms with Crippen LogP contribution in [0.2, 0.25) is 5.02 Å². The molecule has 2 nitrogen and oxygen atoms in total. The Morgan fingerprint density at radius 1 is 1.30 bits per heavy atom. The van der Waals surface area contributed by atoms with Gasteiger partial charge in [-0.05, 0) is 37.9 Å². The molecule has 0 aliphatic rings. The van der Waals surface area contributed by atoms with Crippen LogP contribution in [0.3, 0.4) is 0 Å². The van der Waals surface area contributed by atoms with E-state index in [1.54, 1.807) is 6.07 Å². The van der Waals surface area contributed by atoms with E-state index in [9.17, 15) is 4.39 Å². The highest BCUT2D eigenvalue weighted by molar-refractivity contribution is 6.31. The number of ether oxygens (including phenoxy) is 1. The van der Waals surface area contributed by atoms with Gasteiger partial charge >= 0.3 is 0 Å². The molecule has 0 saturated heterocycles. The van der Waals surface area contributed by atoms with E-state index in [0.29, 0.717) is 13.0 Å². The molecule has 1 aromatic rings. The fourth-order valence-corrected chi connectivity index (χ4v) is 2.64. The standard InChI is InChI=1S/C16H25ClFNO/c1-4-8-15(20-6-3)14(19-5-2)11-12-9-7-10-13(18)16(12)17/h7,9-10,14-15,19H,4-6,8,11H2,1-3H3. The Morgan fingerprint density at radius 2 is 2.05 bits per heavy atom. The summed E-state index contributed by atoms with van der Waals surface area (Å²) in [5.41, 5.74) is 0.832. The van der Waals surface area contributed by atoms with E-state index in [1.165, 1.54) is 6.07 Å². The van der Waals surface area contributed by atoms with Gasteiger partial charge in [0.05, 0.1) is 11.1 Å². The van der Waals surface area contributed by atoms with Gasteiger partial charge < -0.3 is 10.1 Å². The van der Waals surface area contributed by atoms with Crippen LogP contribution in [0.1, 0.15) is 39.2 Å². The first-order valence-electron chi connectivity index (χ1n) is 7.41. The van der Waals surface area contributed by atoms with Crippen molar-refractivity contribution in [2.75, 3.05) is 13.2 Å². The normalized spacial score (nSPS) is 14.2. The monoisotopic (exact) mass is 301 g/mol. The number of halogens is 2. The molecule has 2 unspecified atom stereocenters. The van der Waals surface area contributed by atoms with Crippen molar-refractivity contribution in [1.29, 1.82) is 0 Å². The fraction of sp³-hybridized carbons (Fsp3) is 0.625. The van der Waals surface area contributed by atoms with E-state index < -0.39 is 0 Å². The van der Waals surface area contributed by atoms with Gasteiger partial charge in [0.15, 0.2) is 0 Å². The molecule has 4 heteroatoms. The Kier molecular flexibility index (Phi) is 8.12. The number of hydrogen-bond acceptors (Lipinski definition) is 2. The third-order valence-corrected chi connectivity index (χ3v) is 3.76. The number of benzene rings is 1. The lowest BCUT2D eigenvalue weighted by Crippen LogP contribution is -2.43. The van der Waals surface area contributed by atoms with Gasteiger partial charge in [0.25, 0.3) is 0 Å². The minimum atomic E-state index is -0.358. The van der Waals surface area contributed by atoms with Crippen molar-refractivity contribution in [3.05, 3.63) is 34.6 Å². The molecule has 0 aliphatic heterocycles. The molecule has 0 aliphatic carbocycles. The molecule has 0 aromatic heterocycles. The lowest BCUT2D eigenvalue weighted by molar-refractivity contribution is 0.0285. The highest BCUT2D eigenvalue weighted by Crippen LogP contribution is 2.23. The lowest BCUT2D eigenvalue weighted by Gasteiger charge is -2.28. The minimum Gasteiger partial charge on any atom is -0.377 e. The van der Waals surface area contributed by atoms with Crippen molar-refractivity contribution in [1.82, 2.24) is 5.32 Å². The molecule has 1 N–H and O–H groups in total. The van der Waals surface area contributed by atoms with Crippen LogP contribution in [0.25, 0.3) is 0 Å². The second kappa shape index (κ2) is 9.32. The highest BCUT2D eigenvalue weighted by Gasteiger charge is 2.22. The Balaban J connectivity index is 2.86. The van der Waals surface area contributed by atoms with Crippen LogP contribution >= 0.6 is 11.6 Å². The SMILES string of the molecule is CCCC(OCC)C(Cc1cccc(F)c1Cl)NCC. The predicted molar refractivity (Wildman–Crippen MR) is 82.9 cm³/mol. The molecule has 0 spiro atoms. The first-order chi connectivity index (χ1) is 9.63. The van der Waals surface area contributed by atoms with Crippen LogP contribution in [0.4, 0.5) is 4.39 Å².